The van der Waals surface area contributed by atoms with E-state index in [9.17, 15) is 15.0 Å². The van der Waals surface area contributed by atoms with Gasteiger partial charge in [-0.1, -0.05) is 13.3 Å². The Hall–Kier alpha value is -1.75. The molecule has 4 N–H and O–H groups in total. The van der Waals surface area contributed by atoms with Gasteiger partial charge in [0.2, 0.25) is 0 Å². The van der Waals surface area contributed by atoms with Crippen LogP contribution >= 0.6 is 0 Å². The van der Waals surface area contributed by atoms with E-state index in [0.717, 1.165) is 6.42 Å². The highest BCUT2D eigenvalue weighted by atomic mass is 16.4. The number of phenolic OH excluding ortho intramolecular Hbond substituents is 2. The molecule has 5 heteroatoms. The van der Waals surface area contributed by atoms with Gasteiger partial charge in [0.15, 0.2) is 0 Å². The van der Waals surface area contributed by atoms with Crippen LogP contribution in [0.4, 0.5) is 0 Å². The van der Waals surface area contributed by atoms with Gasteiger partial charge < -0.3 is 15.3 Å². The predicted molar refractivity (Wildman–Crippen MR) is 67.7 cm³/mol. The van der Waals surface area contributed by atoms with Gasteiger partial charge in [-0.15, -0.1) is 0 Å². The topological polar surface area (TPSA) is 89.8 Å². The third-order valence-corrected chi connectivity index (χ3v) is 2.75. The Bertz CT molecular complexity index is 399. The molecule has 1 aromatic rings. The number of hydrogen-bond acceptors (Lipinski definition) is 4. The quantitative estimate of drug-likeness (QED) is 0.622. The predicted octanol–water partition coefficient (Wildman–Crippen LogP) is 2.00. The molecule has 0 radical (unpaired) electrons. The number of hydrogen-bond donors (Lipinski definition) is 4. The van der Waals surface area contributed by atoms with Crippen molar-refractivity contribution in [2.24, 2.45) is 0 Å². The first kappa shape index (κ1) is 14.3. The molecule has 0 aliphatic carbocycles. The molecule has 5 nitrogen and oxygen atoms in total. The summed E-state index contributed by atoms with van der Waals surface area (Å²) in [5, 5.41) is 30.8. The second-order valence-corrected chi connectivity index (χ2v) is 4.35. The second-order valence-electron chi connectivity index (χ2n) is 4.35. The first-order valence-electron chi connectivity index (χ1n) is 5.95. The van der Waals surface area contributed by atoms with Gasteiger partial charge in [0.1, 0.15) is 17.5 Å². The van der Waals surface area contributed by atoms with Crippen LogP contribution in [0.3, 0.4) is 0 Å². The molecule has 0 fully saturated rings. The third kappa shape index (κ3) is 3.92. The van der Waals surface area contributed by atoms with E-state index in [1.165, 1.54) is 18.2 Å². The lowest BCUT2D eigenvalue weighted by Crippen LogP contribution is -2.38. The van der Waals surface area contributed by atoms with Gasteiger partial charge in [0.05, 0.1) is 0 Å². The smallest absolute Gasteiger partial charge is 0.320 e. The van der Waals surface area contributed by atoms with Crippen LogP contribution in [0, 0.1) is 0 Å². The van der Waals surface area contributed by atoms with Crippen LogP contribution in [0.1, 0.15) is 38.3 Å². The van der Waals surface area contributed by atoms with Crippen LogP contribution < -0.4 is 5.32 Å². The molecular weight excluding hydrogens is 234 g/mol. The molecule has 0 aromatic heterocycles. The number of carboxylic acids is 1. The number of benzene rings is 1. The summed E-state index contributed by atoms with van der Waals surface area (Å²) in [6.07, 6.45) is 1.30. The van der Waals surface area contributed by atoms with Crippen molar-refractivity contribution in [2.75, 3.05) is 0 Å². The summed E-state index contributed by atoms with van der Waals surface area (Å²) in [6, 6.07) is 3.34. The lowest BCUT2D eigenvalue weighted by atomic mass is 10.0. The Balaban J connectivity index is 2.79. The fourth-order valence-electron chi connectivity index (χ4n) is 1.83. The van der Waals surface area contributed by atoms with Gasteiger partial charge in [-0.3, -0.25) is 10.1 Å². The van der Waals surface area contributed by atoms with E-state index in [2.05, 4.69) is 5.32 Å². The van der Waals surface area contributed by atoms with Crippen molar-refractivity contribution in [3.63, 3.8) is 0 Å². The molecule has 1 aromatic carbocycles. The minimum Gasteiger partial charge on any atom is -0.508 e. The van der Waals surface area contributed by atoms with E-state index in [4.69, 9.17) is 5.11 Å². The fraction of sp³-hybridized carbons (Fsp3) is 0.462. The zero-order chi connectivity index (χ0) is 13.7. The van der Waals surface area contributed by atoms with Crippen LogP contribution in [-0.4, -0.2) is 27.3 Å². The van der Waals surface area contributed by atoms with Crippen LogP contribution in [0.25, 0.3) is 0 Å². The molecule has 0 aliphatic heterocycles. The van der Waals surface area contributed by atoms with Gasteiger partial charge in [-0.25, -0.2) is 0 Å². The Morgan fingerprint density at radius 3 is 2.28 bits per heavy atom. The van der Waals surface area contributed by atoms with E-state index >= 15 is 0 Å². The highest BCUT2D eigenvalue weighted by Gasteiger charge is 2.19. The van der Waals surface area contributed by atoms with Crippen LogP contribution in [0.2, 0.25) is 0 Å². The molecule has 0 saturated heterocycles. The number of carbonyl (C=O) groups is 1. The summed E-state index contributed by atoms with van der Waals surface area (Å²) >= 11 is 0. The van der Waals surface area contributed by atoms with Gasteiger partial charge >= 0.3 is 5.97 Å². The van der Waals surface area contributed by atoms with Crippen molar-refractivity contribution in [2.45, 2.75) is 38.8 Å². The lowest BCUT2D eigenvalue weighted by molar-refractivity contribution is -0.139. The zero-order valence-corrected chi connectivity index (χ0v) is 10.6. The minimum atomic E-state index is -0.895. The highest BCUT2D eigenvalue weighted by Crippen LogP contribution is 2.25. The molecule has 2 atom stereocenters. The maximum absolute atomic E-state index is 11.0. The standard InChI is InChI=1S/C13H19NO4/c1-3-4-12(13(17)18)14-8(2)9-5-10(15)7-11(16)6-9/h5-8,12,14-16H,3-4H2,1-2H3,(H,17,18). The summed E-state index contributed by atoms with van der Waals surface area (Å²) in [5.41, 5.74) is 0.648. The molecule has 0 amide bonds. The summed E-state index contributed by atoms with van der Waals surface area (Å²) < 4.78 is 0. The van der Waals surface area contributed by atoms with Crippen LogP contribution in [0.15, 0.2) is 18.2 Å². The normalized spacial score (nSPS) is 14.1. The first-order chi connectivity index (χ1) is 8.43. The largest absolute Gasteiger partial charge is 0.508 e. The Kier molecular flexibility index (Phi) is 4.97. The Morgan fingerprint density at radius 1 is 1.28 bits per heavy atom. The summed E-state index contributed by atoms with van der Waals surface area (Å²) in [4.78, 5) is 11.0. The van der Waals surface area contributed by atoms with Crippen LogP contribution in [-0.2, 0) is 4.79 Å². The molecule has 0 saturated carbocycles. The minimum absolute atomic E-state index is 0.0407. The molecule has 0 bridgehead atoms. The van der Waals surface area contributed by atoms with Gasteiger partial charge in [-0.05, 0) is 31.0 Å². The maximum Gasteiger partial charge on any atom is 0.320 e. The zero-order valence-electron chi connectivity index (χ0n) is 10.6. The van der Waals surface area contributed by atoms with Crippen molar-refractivity contribution in [3.05, 3.63) is 23.8 Å². The summed E-state index contributed by atoms with van der Waals surface area (Å²) in [6.45, 7) is 3.71. The number of aromatic hydroxyl groups is 2. The molecule has 18 heavy (non-hydrogen) atoms. The number of phenols is 2. The number of aliphatic carboxylic acids is 1. The van der Waals surface area contributed by atoms with Gasteiger partial charge in [-0.2, -0.15) is 0 Å². The molecule has 2 unspecified atom stereocenters. The number of rotatable bonds is 6. The summed E-state index contributed by atoms with van der Waals surface area (Å²) in [7, 11) is 0. The Labute approximate surface area is 106 Å². The van der Waals surface area contributed by atoms with Gasteiger partial charge in [0.25, 0.3) is 0 Å². The number of nitrogens with one attached hydrogen (secondary N) is 1. The van der Waals surface area contributed by atoms with Crippen molar-refractivity contribution in [3.8, 4) is 11.5 Å². The second kappa shape index (κ2) is 6.26. The van der Waals surface area contributed by atoms with Gasteiger partial charge in [0, 0.05) is 12.1 Å². The monoisotopic (exact) mass is 253 g/mol. The van der Waals surface area contributed by atoms with E-state index in [1.807, 2.05) is 6.92 Å². The van der Waals surface area contributed by atoms with Crippen molar-refractivity contribution >= 4 is 5.97 Å². The van der Waals surface area contributed by atoms with Crippen molar-refractivity contribution < 1.29 is 20.1 Å². The average molecular weight is 253 g/mol. The molecule has 100 valence electrons. The van der Waals surface area contributed by atoms with E-state index < -0.39 is 12.0 Å². The van der Waals surface area contributed by atoms with E-state index in [-0.39, 0.29) is 17.5 Å². The molecule has 0 aliphatic rings. The van der Waals surface area contributed by atoms with E-state index in [1.54, 1.807) is 6.92 Å². The van der Waals surface area contributed by atoms with Crippen LogP contribution in [0.5, 0.6) is 11.5 Å². The first-order valence-corrected chi connectivity index (χ1v) is 5.95. The average Bonchev–Trinajstić information content (AvgIpc) is 2.26. The molecular formula is C13H19NO4. The molecule has 0 spiro atoms. The summed E-state index contributed by atoms with van der Waals surface area (Å²) in [5.74, 6) is -0.977. The highest BCUT2D eigenvalue weighted by molar-refractivity contribution is 5.73. The maximum atomic E-state index is 11.0. The molecule has 1 rings (SSSR count). The van der Waals surface area contributed by atoms with E-state index in [0.29, 0.717) is 12.0 Å². The molecule has 0 heterocycles. The number of carboxylic acid groups (broad SMARTS) is 1. The fourth-order valence-corrected chi connectivity index (χ4v) is 1.83. The third-order valence-electron chi connectivity index (χ3n) is 2.75. The Morgan fingerprint density at radius 2 is 1.83 bits per heavy atom. The SMILES string of the molecule is CCCC(NC(C)c1cc(O)cc(O)c1)C(=O)O. The van der Waals surface area contributed by atoms with Crippen molar-refractivity contribution in [1.82, 2.24) is 5.32 Å². The lowest BCUT2D eigenvalue weighted by Gasteiger charge is -2.20. The van der Waals surface area contributed by atoms with Crippen molar-refractivity contribution in [1.29, 1.82) is 0 Å².